The molecule has 0 atom stereocenters. The van der Waals surface area contributed by atoms with Gasteiger partial charge in [0, 0.05) is 29.2 Å². The van der Waals surface area contributed by atoms with Crippen LogP contribution in [0.4, 0.5) is 0 Å². The van der Waals surface area contributed by atoms with Crippen LogP contribution < -0.4 is 0 Å². The molecule has 5 aromatic rings. The molecule has 0 aliphatic carbocycles. The van der Waals surface area contributed by atoms with Crippen molar-refractivity contribution in [1.82, 2.24) is 19.7 Å². The van der Waals surface area contributed by atoms with E-state index in [0.717, 1.165) is 22.0 Å². The Hall–Kier alpha value is -3.77. The van der Waals surface area contributed by atoms with Crippen molar-refractivity contribution in [2.75, 3.05) is 5.75 Å². The van der Waals surface area contributed by atoms with Gasteiger partial charge in [-0.05, 0) is 41.1 Å². The van der Waals surface area contributed by atoms with Crippen molar-refractivity contribution < 1.29 is 4.79 Å². The van der Waals surface area contributed by atoms with Crippen LogP contribution in [0.5, 0.6) is 0 Å². The number of fused-ring (bicyclic) bond motifs is 1. The second-order valence-corrected chi connectivity index (χ2v) is 7.93. The van der Waals surface area contributed by atoms with Gasteiger partial charge in [-0.2, -0.15) is 0 Å². The molecule has 2 heterocycles. The van der Waals surface area contributed by atoms with Crippen molar-refractivity contribution in [3.8, 4) is 17.1 Å². The van der Waals surface area contributed by atoms with Gasteiger partial charge in [0.25, 0.3) is 0 Å². The van der Waals surface area contributed by atoms with Crippen molar-refractivity contribution in [2.24, 2.45) is 0 Å². The maximum absolute atomic E-state index is 12.9. The van der Waals surface area contributed by atoms with Gasteiger partial charge in [0.15, 0.2) is 16.8 Å². The van der Waals surface area contributed by atoms with Crippen LogP contribution >= 0.6 is 11.8 Å². The minimum atomic E-state index is 0.0591. The first-order valence-corrected chi connectivity index (χ1v) is 10.8. The van der Waals surface area contributed by atoms with Gasteiger partial charge in [0.2, 0.25) is 0 Å². The lowest BCUT2D eigenvalue weighted by atomic mass is 10.1. The second kappa shape index (κ2) is 8.53. The summed E-state index contributed by atoms with van der Waals surface area (Å²) < 4.78 is 1.98. The zero-order valence-electron chi connectivity index (χ0n) is 16.6. The summed E-state index contributed by atoms with van der Waals surface area (Å²) in [6.45, 7) is 0. The number of benzene rings is 3. The van der Waals surface area contributed by atoms with E-state index in [0.29, 0.717) is 16.5 Å². The smallest absolute Gasteiger partial charge is 0.196 e. The number of carbonyl (C=O) groups is 1. The van der Waals surface area contributed by atoms with Gasteiger partial charge in [-0.25, -0.2) is 0 Å². The number of nitrogens with zero attached hydrogens (tertiary/aromatic N) is 4. The number of Topliss-reactive ketones (excluding diaryl/α,β-unsaturated/α-hetero) is 1. The Kier molecular flexibility index (Phi) is 5.29. The Morgan fingerprint density at radius 2 is 1.55 bits per heavy atom. The van der Waals surface area contributed by atoms with Crippen molar-refractivity contribution >= 4 is 28.3 Å². The van der Waals surface area contributed by atoms with Crippen molar-refractivity contribution in [1.29, 1.82) is 0 Å². The highest BCUT2D eigenvalue weighted by Gasteiger charge is 2.17. The number of para-hydroxylation sites is 1. The molecule has 0 unspecified atom stereocenters. The van der Waals surface area contributed by atoms with Crippen molar-refractivity contribution in [3.05, 3.63) is 103 Å². The number of rotatable bonds is 6. The van der Waals surface area contributed by atoms with Crippen LogP contribution in [-0.2, 0) is 0 Å². The van der Waals surface area contributed by atoms with Crippen molar-refractivity contribution in [2.45, 2.75) is 5.16 Å². The van der Waals surface area contributed by atoms with E-state index in [9.17, 15) is 4.79 Å². The predicted octanol–water partition coefficient (Wildman–Crippen LogP) is 5.46. The molecule has 31 heavy (non-hydrogen) atoms. The summed E-state index contributed by atoms with van der Waals surface area (Å²) in [7, 11) is 0. The monoisotopic (exact) mass is 422 g/mol. The summed E-state index contributed by atoms with van der Waals surface area (Å²) in [4.78, 5) is 17.0. The van der Waals surface area contributed by atoms with Gasteiger partial charge < -0.3 is 0 Å². The van der Waals surface area contributed by atoms with Gasteiger partial charge in [-0.15, -0.1) is 10.2 Å². The van der Waals surface area contributed by atoms with E-state index >= 15 is 0 Å². The third kappa shape index (κ3) is 3.98. The largest absolute Gasteiger partial charge is 0.293 e. The van der Waals surface area contributed by atoms with Crippen LogP contribution in [0.25, 0.3) is 27.8 Å². The molecule has 0 bridgehead atoms. The number of thioether (sulfide) groups is 1. The van der Waals surface area contributed by atoms with E-state index in [1.165, 1.54) is 11.8 Å². The quantitative estimate of drug-likeness (QED) is 0.269. The number of carbonyl (C=O) groups excluding carboxylic acids is 1. The van der Waals surface area contributed by atoms with Crippen molar-refractivity contribution in [3.63, 3.8) is 0 Å². The molecule has 0 amide bonds. The summed E-state index contributed by atoms with van der Waals surface area (Å²) >= 11 is 1.39. The minimum Gasteiger partial charge on any atom is -0.293 e. The normalized spacial score (nSPS) is 11.0. The third-order valence-corrected chi connectivity index (χ3v) is 5.92. The molecule has 2 aromatic heterocycles. The van der Waals surface area contributed by atoms with E-state index in [1.54, 1.807) is 12.4 Å². The van der Waals surface area contributed by atoms with Crippen LogP contribution in [0.15, 0.2) is 102 Å². The molecule has 0 saturated heterocycles. The number of hydrogen-bond acceptors (Lipinski definition) is 5. The molecular weight excluding hydrogens is 404 g/mol. The maximum Gasteiger partial charge on any atom is 0.196 e. The lowest BCUT2D eigenvalue weighted by Gasteiger charge is -2.10. The second-order valence-electron chi connectivity index (χ2n) is 6.99. The Balaban J connectivity index is 1.45. The highest BCUT2D eigenvalue weighted by atomic mass is 32.2. The Labute approximate surface area is 183 Å². The molecule has 5 nitrogen and oxygen atoms in total. The predicted molar refractivity (Wildman–Crippen MR) is 124 cm³/mol. The van der Waals surface area contributed by atoms with E-state index in [-0.39, 0.29) is 11.5 Å². The van der Waals surface area contributed by atoms with Crippen LogP contribution in [0.2, 0.25) is 0 Å². The Morgan fingerprint density at radius 1 is 0.806 bits per heavy atom. The van der Waals surface area contributed by atoms with Gasteiger partial charge in [0.05, 0.1) is 5.75 Å². The Bertz CT molecular complexity index is 1350. The molecule has 150 valence electrons. The molecule has 0 N–H and O–H groups in total. The summed E-state index contributed by atoms with van der Waals surface area (Å²) in [6.07, 6.45) is 3.46. The topological polar surface area (TPSA) is 60.7 Å². The summed E-state index contributed by atoms with van der Waals surface area (Å²) in [5.74, 6) is 1.05. The first-order valence-electron chi connectivity index (χ1n) is 9.85. The fourth-order valence-electron chi connectivity index (χ4n) is 3.44. The van der Waals surface area contributed by atoms with Crippen LogP contribution in [0.1, 0.15) is 10.4 Å². The minimum absolute atomic E-state index is 0.0591. The zero-order valence-corrected chi connectivity index (χ0v) is 17.4. The van der Waals surface area contributed by atoms with Gasteiger partial charge >= 0.3 is 0 Å². The maximum atomic E-state index is 12.9. The van der Waals surface area contributed by atoms with Crippen LogP contribution in [0, 0.1) is 0 Å². The highest BCUT2D eigenvalue weighted by Crippen LogP contribution is 2.28. The Morgan fingerprint density at radius 3 is 2.35 bits per heavy atom. The van der Waals surface area contributed by atoms with Crippen LogP contribution in [0.3, 0.4) is 0 Å². The molecule has 0 radical (unpaired) electrons. The first-order chi connectivity index (χ1) is 15.3. The summed E-state index contributed by atoms with van der Waals surface area (Å²) in [5.41, 5.74) is 2.56. The standard InChI is InChI=1S/C25H18N4OS/c30-23(21-11-10-18-6-4-5-7-20(18)16-21)17-31-25-28-27-24(19-12-14-26-15-13-19)29(25)22-8-2-1-3-9-22/h1-16H,17H2. The zero-order chi connectivity index (χ0) is 21.0. The fraction of sp³-hybridized carbons (Fsp3) is 0.0400. The number of ketones is 1. The molecule has 0 aliphatic heterocycles. The molecule has 0 aliphatic rings. The molecule has 0 saturated carbocycles. The fourth-order valence-corrected chi connectivity index (χ4v) is 4.28. The lowest BCUT2D eigenvalue weighted by molar-refractivity contribution is 0.102. The number of hydrogen-bond donors (Lipinski definition) is 0. The highest BCUT2D eigenvalue weighted by molar-refractivity contribution is 7.99. The third-order valence-electron chi connectivity index (χ3n) is 4.99. The summed E-state index contributed by atoms with van der Waals surface area (Å²) in [5, 5.41) is 11.7. The SMILES string of the molecule is O=C(CSc1nnc(-c2ccncc2)n1-c1ccccc1)c1ccc2ccccc2c1. The number of aromatic nitrogens is 4. The lowest BCUT2D eigenvalue weighted by Crippen LogP contribution is -2.05. The molecule has 0 fully saturated rings. The first kappa shape index (κ1) is 19.2. The van der Waals surface area contributed by atoms with Gasteiger partial charge in [0.1, 0.15) is 0 Å². The summed E-state index contributed by atoms with van der Waals surface area (Å²) in [6, 6.07) is 27.6. The average molecular weight is 423 g/mol. The molecule has 3 aromatic carbocycles. The number of pyridine rings is 1. The van der Waals surface area contributed by atoms with Gasteiger partial charge in [-0.3, -0.25) is 14.3 Å². The van der Waals surface area contributed by atoms with E-state index in [2.05, 4.69) is 15.2 Å². The molecular formula is C25H18N4OS. The molecule has 6 heteroatoms. The van der Waals surface area contributed by atoms with Crippen LogP contribution in [-0.4, -0.2) is 31.3 Å². The van der Waals surface area contributed by atoms with Gasteiger partial charge in [-0.1, -0.05) is 66.4 Å². The van der Waals surface area contributed by atoms with E-state index < -0.39 is 0 Å². The average Bonchev–Trinajstić information content (AvgIpc) is 3.27. The molecule has 5 rings (SSSR count). The molecule has 0 spiro atoms. The van der Waals surface area contributed by atoms with E-state index in [4.69, 9.17) is 0 Å². The van der Waals surface area contributed by atoms with E-state index in [1.807, 2.05) is 89.5 Å².